The van der Waals surface area contributed by atoms with E-state index in [2.05, 4.69) is 24.0 Å². The van der Waals surface area contributed by atoms with Crippen molar-refractivity contribution >= 4 is 10.9 Å². The Labute approximate surface area is 90.1 Å². The first-order chi connectivity index (χ1) is 7.31. The van der Waals surface area contributed by atoms with E-state index < -0.39 is 0 Å². The molecule has 78 valence electrons. The fraction of sp³-hybridized carbons (Fsp3) is 0.308. The van der Waals surface area contributed by atoms with Crippen molar-refractivity contribution in [2.75, 3.05) is 6.54 Å². The molecule has 0 radical (unpaired) electrons. The van der Waals surface area contributed by atoms with Gasteiger partial charge in [-0.25, -0.2) is 0 Å². The van der Waals surface area contributed by atoms with Gasteiger partial charge in [0.2, 0.25) is 0 Å². The van der Waals surface area contributed by atoms with Crippen molar-refractivity contribution in [3.63, 3.8) is 0 Å². The number of aromatic nitrogens is 1. The van der Waals surface area contributed by atoms with Crippen LogP contribution in [-0.4, -0.2) is 11.5 Å². The van der Waals surface area contributed by atoms with E-state index in [-0.39, 0.29) is 0 Å². The highest BCUT2D eigenvalue weighted by atomic mass is 14.7. The maximum Gasteiger partial charge on any atom is 0.0702 e. The Bertz CT molecular complexity index is 451. The fourth-order valence-electron chi connectivity index (χ4n) is 1.77. The highest BCUT2D eigenvalue weighted by molar-refractivity contribution is 5.78. The van der Waals surface area contributed by atoms with Gasteiger partial charge < -0.3 is 5.73 Å². The molecule has 1 unspecified atom stereocenters. The van der Waals surface area contributed by atoms with Crippen LogP contribution < -0.4 is 5.73 Å². The summed E-state index contributed by atoms with van der Waals surface area (Å²) >= 11 is 0. The summed E-state index contributed by atoms with van der Waals surface area (Å²) < 4.78 is 0. The minimum absolute atomic E-state index is 0.493. The Morgan fingerprint density at radius 2 is 2.13 bits per heavy atom. The lowest BCUT2D eigenvalue weighted by Crippen LogP contribution is -2.04. The summed E-state index contributed by atoms with van der Waals surface area (Å²) in [6, 6.07) is 10.4. The molecule has 1 heterocycles. The molecule has 0 bridgehead atoms. The lowest BCUT2D eigenvalue weighted by Gasteiger charge is -2.10. The van der Waals surface area contributed by atoms with Gasteiger partial charge in [0.1, 0.15) is 0 Å². The van der Waals surface area contributed by atoms with Crippen LogP contribution in [0.4, 0.5) is 0 Å². The van der Waals surface area contributed by atoms with E-state index in [1.54, 1.807) is 0 Å². The molecular formula is C13H16N2. The van der Waals surface area contributed by atoms with Gasteiger partial charge in [-0.3, -0.25) is 4.98 Å². The van der Waals surface area contributed by atoms with Gasteiger partial charge in [0, 0.05) is 11.6 Å². The van der Waals surface area contributed by atoms with Gasteiger partial charge in [0.15, 0.2) is 0 Å². The van der Waals surface area contributed by atoms with E-state index in [1.807, 2.05) is 24.4 Å². The van der Waals surface area contributed by atoms with Crippen molar-refractivity contribution in [1.82, 2.24) is 4.98 Å². The lowest BCUT2D eigenvalue weighted by molar-refractivity contribution is 0.688. The van der Waals surface area contributed by atoms with Crippen LogP contribution in [-0.2, 0) is 0 Å². The summed E-state index contributed by atoms with van der Waals surface area (Å²) in [5, 5.41) is 1.21. The number of benzene rings is 1. The van der Waals surface area contributed by atoms with E-state index in [4.69, 9.17) is 5.73 Å². The molecule has 2 nitrogen and oxygen atoms in total. The second-order valence-corrected chi connectivity index (χ2v) is 3.94. The van der Waals surface area contributed by atoms with Gasteiger partial charge in [0.25, 0.3) is 0 Å². The second-order valence-electron chi connectivity index (χ2n) is 3.94. The van der Waals surface area contributed by atoms with Crippen LogP contribution in [0.3, 0.4) is 0 Å². The first-order valence-electron chi connectivity index (χ1n) is 5.36. The van der Waals surface area contributed by atoms with Crippen molar-refractivity contribution in [3.8, 4) is 0 Å². The van der Waals surface area contributed by atoms with Crippen LogP contribution >= 0.6 is 0 Å². The highest BCUT2D eigenvalue weighted by Crippen LogP contribution is 2.21. The predicted octanol–water partition coefficient (Wildman–Crippen LogP) is 2.69. The summed E-state index contributed by atoms with van der Waals surface area (Å²) in [4.78, 5) is 4.44. The number of nitrogens with zero attached hydrogens (tertiary/aromatic N) is 1. The van der Waals surface area contributed by atoms with Crippen molar-refractivity contribution in [2.45, 2.75) is 19.3 Å². The Balaban J connectivity index is 2.38. The van der Waals surface area contributed by atoms with Crippen LogP contribution in [0.5, 0.6) is 0 Å². The molecule has 0 aliphatic rings. The molecular weight excluding hydrogens is 184 g/mol. The topological polar surface area (TPSA) is 38.9 Å². The standard InChI is InChI=1S/C13H16N2/c1-10(6-7-14)12-8-11-4-2-3-5-13(11)15-9-12/h2-5,8-10H,6-7,14H2,1H3. The van der Waals surface area contributed by atoms with E-state index in [0.717, 1.165) is 18.5 Å². The van der Waals surface area contributed by atoms with E-state index in [1.165, 1.54) is 10.9 Å². The van der Waals surface area contributed by atoms with Crippen molar-refractivity contribution in [2.24, 2.45) is 5.73 Å². The Morgan fingerprint density at radius 3 is 2.93 bits per heavy atom. The van der Waals surface area contributed by atoms with Gasteiger partial charge in [0.05, 0.1) is 5.52 Å². The Morgan fingerprint density at radius 1 is 1.33 bits per heavy atom. The monoisotopic (exact) mass is 200 g/mol. The quantitative estimate of drug-likeness (QED) is 0.827. The Kier molecular flexibility index (Phi) is 2.97. The normalized spacial score (nSPS) is 12.9. The number of fused-ring (bicyclic) bond motifs is 1. The lowest BCUT2D eigenvalue weighted by atomic mass is 9.98. The third kappa shape index (κ3) is 2.16. The molecule has 0 fully saturated rings. The minimum Gasteiger partial charge on any atom is -0.330 e. The van der Waals surface area contributed by atoms with Gasteiger partial charge in [-0.1, -0.05) is 25.1 Å². The van der Waals surface area contributed by atoms with Crippen LogP contribution in [0, 0.1) is 0 Å². The van der Waals surface area contributed by atoms with Gasteiger partial charge in [-0.05, 0) is 36.6 Å². The second kappa shape index (κ2) is 4.41. The molecule has 2 N–H and O–H groups in total. The third-order valence-corrected chi connectivity index (χ3v) is 2.78. The average molecular weight is 200 g/mol. The molecule has 0 amide bonds. The molecule has 0 saturated heterocycles. The van der Waals surface area contributed by atoms with Gasteiger partial charge in [-0.15, -0.1) is 0 Å². The summed E-state index contributed by atoms with van der Waals surface area (Å²) in [7, 11) is 0. The average Bonchev–Trinajstić information content (AvgIpc) is 2.29. The first kappa shape index (κ1) is 10.1. The summed E-state index contributed by atoms with van der Waals surface area (Å²) in [5.74, 6) is 0.493. The van der Waals surface area contributed by atoms with Crippen molar-refractivity contribution in [3.05, 3.63) is 42.1 Å². The summed E-state index contributed by atoms with van der Waals surface area (Å²) in [6.45, 7) is 2.92. The number of nitrogens with two attached hydrogens (primary N) is 1. The molecule has 0 aliphatic carbocycles. The third-order valence-electron chi connectivity index (χ3n) is 2.78. The number of rotatable bonds is 3. The van der Waals surface area contributed by atoms with Crippen LogP contribution in [0.25, 0.3) is 10.9 Å². The van der Waals surface area contributed by atoms with E-state index in [0.29, 0.717) is 5.92 Å². The molecule has 1 aromatic carbocycles. The molecule has 1 aromatic heterocycles. The smallest absolute Gasteiger partial charge is 0.0702 e. The predicted molar refractivity (Wildman–Crippen MR) is 63.8 cm³/mol. The molecule has 1 atom stereocenters. The number of hydrogen-bond donors (Lipinski definition) is 1. The number of hydrogen-bond acceptors (Lipinski definition) is 2. The maximum atomic E-state index is 5.56. The molecule has 0 spiro atoms. The van der Waals surface area contributed by atoms with Gasteiger partial charge >= 0.3 is 0 Å². The molecule has 2 aromatic rings. The zero-order valence-electron chi connectivity index (χ0n) is 8.98. The largest absolute Gasteiger partial charge is 0.330 e. The SMILES string of the molecule is CC(CCN)c1cnc2ccccc2c1. The number of para-hydroxylation sites is 1. The summed E-state index contributed by atoms with van der Waals surface area (Å²) in [6.07, 6.45) is 2.97. The molecule has 0 saturated carbocycles. The molecule has 2 heteroatoms. The van der Waals surface area contributed by atoms with Crippen LogP contribution in [0.15, 0.2) is 36.5 Å². The van der Waals surface area contributed by atoms with Gasteiger partial charge in [-0.2, -0.15) is 0 Å². The Hall–Kier alpha value is -1.41. The van der Waals surface area contributed by atoms with Crippen molar-refractivity contribution in [1.29, 1.82) is 0 Å². The zero-order valence-corrected chi connectivity index (χ0v) is 8.98. The zero-order chi connectivity index (χ0) is 10.7. The summed E-state index contributed by atoms with van der Waals surface area (Å²) in [5.41, 5.74) is 7.89. The highest BCUT2D eigenvalue weighted by Gasteiger charge is 2.05. The maximum absolute atomic E-state index is 5.56. The molecule has 0 aliphatic heterocycles. The van der Waals surface area contributed by atoms with Crippen LogP contribution in [0.1, 0.15) is 24.8 Å². The number of pyridine rings is 1. The molecule has 15 heavy (non-hydrogen) atoms. The minimum atomic E-state index is 0.493. The first-order valence-corrected chi connectivity index (χ1v) is 5.36. The van der Waals surface area contributed by atoms with Crippen molar-refractivity contribution < 1.29 is 0 Å². The molecule has 2 rings (SSSR count). The van der Waals surface area contributed by atoms with Crippen LogP contribution in [0.2, 0.25) is 0 Å². The van der Waals surface area contributed by atoms with E-state index in [9.17, 15) is 0 Å². The van der Waals surface area contributed by atoms with E-state index >= 15 is 0 Å². The fourth-order valence-corrected chi connectivity index (χ4v) is 1.77.